The summed E-state index contributed by atoms with van der Waals surface area (Å²) in [6, 6.07) is 22.3. The molecule has 3 aromatic carbocycles. The van der Waals surface area contributed by atoms with Crippen molar-refractivity contribution in [3.8, 4) is 5.75 Å². The molecule has 7 nitrogen and oxygen atoms in total. The van der Waals surface area contributed by atoms with Gasteiger partial charge < -0.3 is 24.4 Å². The van der Waals surface area contributed by atoms with Crippen molar-refractivity contribution in [2.45, 2.75) is 45.8 Å². The predicted octanol–water partition coefficient (Wildman–Crippen LogP) is 3.01. The SMILES string of the molecule is Cc1cc(OCc2ccccc2)ccc1C([O-])=C1C(=O)C(=O)N(CC[NH+]2CCOCC2)C1c1ccc(C(C)(C)C)cc1. The molecule has 220 valence electrons. The van der Waals surface area contributed by atoms with Gasteiger partial charge in [0, 0.05) is 5.57 Å². The number of rotatable bonds is 8. The Morgan fingerprint density at radius 2 is 1.69 bits per heavy atom. The van der Waals surface area contributed by atoms with Crippen LogP contribution in [-0.4, -0.2) is 56.0 Å². The molecule has 0 radical (unpaired) electrons. The number of morpholine rings is 1. The predicted molar refractivity (Wildman–Crippen MR) is 160 cm³/mol. The number of Topliss-reactive ketones (excluding diaryl/α,β-unsaturated/α-hetero) is 1. The topological polar surface area (TPSA) is 83.3 Å². The van der Waals surface area contributed by atoms with Crippen LogP contribution in [0.2, 0.25) is 0 Å². The highest BCUT2D eigenvalue weighted by molar-refractivity contribution is 6.46. The summed E-state index contributed by atoms with van der Waals surface area (Å²) in [4.78, 5) is 29.9. The summed E-state index contributed by atoms with van der Waals surface area (Å²) >= 11 is 0. The van der Waals surface area contributed by atoms with Crippen LogP contribution in [0.1, 0.15) is 54.6 Å². The molecule has 2 heterocycles. The molecule has 0 aliphatic carbocycles. The third kappa shape index (κ3) is 6.42. The maximum absolute atomic E-state index is 14.1. The number of amides is 1. The van der Waals surface area contributed by atoms with E-state index in [2.05, 4.69) is 20.8 Å². The molecule has 2 aliphatic rings. The van der Waals surface area contributed by atoms with E-state index in [-0.39, 0.29) is 11.0 Å². The molecule has 5 rings (SSSR count). The Bertz CT molecular complexity index is 1450. The van der Waals surface area contributed by atoms with Gasteiger partial charge in [0.05, 0.1) is 32.3 Å². The molecule has 7 heteroatoms. The number of benzene rings is 3. The van der Waals surface area contributed by atoms with Crippen LogP contribution < -0.4 is 14.7 Å². The van der Waals surface area contributed by atoms with Gasteiger partial charge in [0.25, 0.3) is 5.91 Å². The van der Waals surface area contributed by atoms with E-state index in [0.717, 1.165) is 29.8 Å². The third-order valence-electron chi connectivity index (χ3n) is 8.22. The number of ether oxygens (including phenoxy) is 2. The van der Waals surface area contributed by atoms with Crippen molar-refractivity contribution in [2.75, 3.05) is 39.4 Å². The smallest absolute Gasteiger partial charge is 0.295 e. The summed E-state index contributed by atoms with van der Waals surface area (Å²) in [6.45, 7) is 12.8. The molecule has 3 aromatic rings. The molecule has 42 heavy (non-hydrogen) atoms. The van der Waals surface area contributed by atoms with Crippen LogP contribution in [0.15, 0.2) is 78.4 Å². The second-order valence-corrected chi connectivity index (χ2v) is 12.2. The van der Waals surface area contributed by atoms with Crippen molar-refractivity contribution < 1.29 is 29.1 Å². The van der Waals surface area contributed by atoms with Gasteiger partial charge in [0.1, 0.15) is 25.4 Å². The number of carbonyl (C=O) groups is 2. The van der Waals surface area contributed by atoms with Crippen LogP contribution in [0, 0.1) is 6.92 Å². The highest BCUT2D eigenvalue weighted by Crippen LogP contribution is 2.39. The number of carbonyl (C=O) groups excluding carboxylic acids is 2. The highest BCUT2D eigenvalue weighted by Gasteiger charge is 2.44. The average Bonchev–Trinajstić information content (AvgIpc) is 3.24. The molecule has 1 amide bonds. The minimum Gasteiger partial charge on any atom is -0.872 e. The number of aryl methyl sites for hydroxylation is 1. The Balaban J connectivity index is 1.48. The first kappa shape index (κ1) is 29.5. The van der Waals surface area contributed by atoms with Crippen molar-refractivity contribution in [3.63, 3.8) is 0 Å². The quantitative estimate of drug-likeness (QED) is 0.257. The lowest BCUT2D eigenvalue weighted by atomic mass is 9.85. The van der Waals surface area contributed by atoms with Gasteiger partial charge in [0.15, 0.2) is 0 Å². The average molecular weight is 569 g/mol. The van der Waals surface area contributed by atoms with E-state index in [4.69, 9.17) is 9.47 Å². The fraction of sp³-hybridized carbons (Fsp3) is 0.371. The molecular weight excluding hydrogens is 528 g/mol. The largest absolute Gasteiger partial charge is 0.872 e. The molecule has 0 spiro atoms. The fourth-order valence-electron chi connectivity index (χ4n) is 5.67. The lowest BCUT2D eigenvalue weighted by Crippen LogP contribution is -3.14. The number of nitrogens with one attached hydrogen (secondary N) is 1. The zero-order chi connectivity index (χ0) is 29.9. The number of nitrogens with zero attached hydrogens (tertiary/aromatic N) is 1. The van der Waals surface area contributed by atoms with Crippen molar-refractivity contribution in [3.05, 3.63) is 106 Å². The van der Waals surface area contributed by atoms with Crippen molar-refractivity contribution in [2.24, 2.45) is 0 Å². The highest BCUT2D eigenvalue weighted by atomic mass is 16.5. The lowest BCUT2D eigenvalue weighted by Gasteiger charge is -2.30. The van der Waals surface area contributed by atoms with Crippen molar-refractivity contribution in [1.82, 2.24) is 4.90 Å². The fourth-order valence-corrected chi connectivity index (χ4v) is 5.67. The van der Waals surface area contributed by atoms with Gasteiger partial charge in [-0.25, -0.2) is 0 Å². The van der Waals surface area contributed by atoms with E-state index in [9.17, 15) is 14.7 Å². The maximum atomic E-state index is 14.1. The summed E-state index contributed by atoms with van der Waals surface area (Å²) in [6.07, 6.45) is 0. The van der Waals surface area contributed by atoms with Gasteiger partial charge in [-0.3, -0.25) is 9.59 Å². The zero-order valence-corrected chi connectivity index (χ0v) is 24.9. The Labute approximate surface area is 248 Å². The van der Waals surface area contributed by atoms with Gasteiger partial charge in [-0.1, -0.05) is 87.2 Å². The molecule has 0 bridgehead atoms. The van der Waals surface area contributed by atoms with Gasteiger partial charge in [-0.2, -0.15) is 0 Å². The van der Waals surface area contributed by atoms with Gasteiger partial charge in [-0.15, -0.1) is 0 Å². The minimum atomic E-state index is -0.736. The van der Waals surface area contributed by atoms with E-state index >= 15 is 0 Å². The zero-order valence-electron chi connectivity index (χ0n) is 24.9. The Kier molecular flexibility index (Phi) is 8.80. The number of ketones is 1. The molecular formula is C35H40N2O5. The first-order chi connectivity index (χ1) is 20.1. The first-order valence-corrected chi connectivity index (χ1v) is 14.7. The first-order valence-electron chi connectivity index (χ1n) is 14.7. The normalized spacial score (nSPS) is 19.3. The lowest BCUT2D eigenvalue weighted by molar-refractivity contribution is -0.907. The summed E-state index contributed by atoms with van der Waals surface area (Å²) in [5, 5.41) is 14.1. The van der Waals surface area contributed by atoms with E-state index in [0.29, 0.717) is 49.8 Å². The number of quaternary nitrogens is 1. The van der Waals surface area contributed by atoms with Crippen LogP contribution >= 0.6 is 0 Å². The molecule has 2 saturated heterocycles. The summed E-state index contributed by atoms with van der Waals surface area (Å²) < 4.78 is 11.4. The molecule has 1 N–H and O–H groups in total. The second-order valence-electron chi connectivity index (χ2n) is 12.2. The third-order valence-corrected chi connectivity index (χ3v) is 8.22. The standard InChI is InChI=1S/C35H40N2O5/c1-24-22-28(42-23-25-8-6-5-7-9-25)14-15-29(24)32(38)30-31(26-10-12-27(13-11-26)35(2,3)4)37(34(40)33(30)39)17-16-36-18-20-41-21-19-36/h5-15,22,31,38H,16-21,23H2,1-4H3. The van der Waals surface area contributed by atoms with E-state index in [1.807, 2.05) is 67.6 Å². The summed E-state index contributed by atoms with van der Waals surface area (Å²) in [5.74, 6) is -1.11. The van der Waals surface area contributed by atoms with Crippen LogP contribution in [0.5, 0.6) is 5.75 Å². The number of likely N-dealkylation sites (tertiary alicyclic amines) is 1. The van der Waals surface area contributed by atoms with Crippen LogP contribution in [0.25, 0.3) is 5.76 Å². The van der Waals surface area contributed by atoms with Gasteiger partial charge in [0.2, 0.25) is 5.78 Å². The van der Waals surface area contributed by atoms with E-state index < -0.39 is 23.5 Å². The summed E-state index contributed by atoms with van der Waals surface area (Å²) in [5.41, 5.74) is 4.00. The minimum absolute atomic E-state index is 0.0153. The second kappa shape index (κ2) is 12.5. The molecule has 1 unspecified atom stereocenters. The Hall–Kier alpha value is -3.94. The molecule has 0 aromatic heterocycles. The molecule has 1 atom stereocenters. The number of hydrogen-bond donors (Lipinski definition) is 1. The Morgan fingerprint density at radius 3 is 2.33 bits per heavy atom. The maximum Gasteiger partial charge on any atom is 0.295 e. The van der Waals surface area contributed by atoms with Crippen molar-refractivity contribution in [1.29, 1.82) is 0 Å². The van der Waals surface area contributed by atoms with E-state index in [1.165, 1.54) is 4.90 Å². The van der Waals surface area contributed by atoms with E-state index in [1.54, 1.807) is 17.0 Å². The monoisotopic (exact) mass is 568 g/mol. The van der Waals surface area contributed by atoms with Crippen molar-refractivity contribution >= 4 is 17.4 Å². The molecule has 0 saturated carbocycles. The van der Waals surface area contributed by atoms with Crippen LogP contribution in [0.4, 0.5) is 0 Å². The van der Waals surface area contributed by atoms with Crippen LogP contribution in [0.3, 0.4) is 0 Å². The van der Waals surface area contributed by atoms with Gasteiger partial charge >= 0.3 is 0 Å². The Morgan fingerprint density at radius 1 is 1.00 bits per heavy atom. The molecule has 2 fully saturated rings. The van der Waals surface area contributed by atoms with Gasteiger partial charge in [-0.05, 0) is 52.3 Å². The summed E-state index contributed by atoms with van der Waals surface area (Å²) in [7, 11) is 0. The van der Waals surface area contributed by atoms with Crippen LogP contribution in [-0.2, 0) is 26.3 Å². The molecule has 2 aliphatic heterocycles. The number of hydrogen-bond acceptors (Lipinski definition) is 5.